The van der Waals surface area contributed by atoms with Gasteiger partial charge in [0.05, 0.1) is 12.5 Å². The van der Waals surface area contributed by atoms with Crippen molar-refractivity contribution in [2.75, 3.05) is 39.5 Å². The third kappa shape index (κ3) is 6.93. The molecule has 1 aliphatic heterocycles. The van der Waals surface area contributed by atoms with Gasteiger partial charge in [0.15, 0.2) is 5.96 Å². The predicted molar refractivity (Wildman–Crippen MR) is 105 cm³/mol. The molecule has 1 N–H and O–H groups in total. The first-order chi connectivity index (χ1) is 9.93. The number of aliphatic imine (C=N–C) groups is 1. The first-order valence-electron chi connectivity index (χ1n) is 7.61. The standard InChI is InChI=1S/C15H29N3O2S.HI/c1-6-20-13(19)12-8-7-9-18(10-12)14(16-4)17-11-15(2,3)21-5;/h12H,6-11H2,1-5H3,(H,16,17);1H. The smallest absolute Gasteiger partial charge is 0.310 e. The maximum absolute atomic E-state index is 11.9. The molecule has 0 aromatic carbocycles. The maximum atomic E-state index is 11.9. The molecule has 1 aliphatic rings. The number of guanidine groups is 1. The first kappa shape index (κ1) is 21.8. The Morgan fingerprint density at radius 1 is 1.50 bits per heavy atom. The number of rotatable bonds is 5. The van der Waals surface area contributed by atoms with Crippen molar-refractivity contribution in [3.05, 3.63) is 0 Å². The fourth-order valence-electron chi connectivity index (χ4n) is 2.32. The molecular weight excluding hydrogens is 413 g/mol. The van der Waals surface area contributed by atoms with E-state index in [1.807, 2.05) is 18.7 Å². The summed E-state index contributed by atoms with van der Waals surface area (Å²) in [6.07, 6.45) is 4.01. The Morgan fingerprint density at radius 3 is 2.73 bits per heavy atom. The van der Waals surface area contributed by atoms with Gasteiger partial charge in [-0.15, -0.1) is 24.0 Å². The molecule has 0 bridgehead atoms. The fraction of sp³-hybridized carbons (Fsp3) is 0.867. The van der Waals surface area contributed by atoms with Crippen LogP contribution in [0.4, 0.5) is 0 Å². The molecule has 5 nitrogen and oxygen atoms in total. The number of thioether (sulfide) groups is 1. The van der Waals surface area contributed by atoms with Gasteiger partial charge in [-0.05, 0) is 39.9 Å². The lowest BCUT2D eigenvalue weighted by atomic mass is 9.98. The lowest BCUT2D eigenvalue weighted by Gasteiger charge is -2.35. The SMILES string of the molecule is CCOC(=O)C1CCCN(C(=NC)NCC(C)(C)SC)C1.I. The number of ether oxygens (including phenoxy) is 1. The molecular formula is C15H30IN3O2S. The third-order valence-corrected chi connectivity index (χ3v) is 5.03. The number of hydrogen-bond donors (Lipinski definition) is 1. The van der Waals surface area contributed by atoms with E-state index in [2.05, 4.69) is 35.3 Å². The second kappa shape index (κ2) is 10.6. The van der Waals surface area contributed by atoms with E-state index in [1.165, 1.54) is 0 Å². The number of hydrogen-bond acceptors (Lipinski definition) is 4. The van der Waals surface area contributed by atoms with E-state index in [0.717, 1.165) is 31.9 Å². The summed E-state index contributed by atoms with van der Waals surface area (Å²) in [6.45, 7) is 9.19. The molecule has 0 saturated carbocycles. The Hall–Kier alpha value is -0.180. The highest BCUT2D eigenvalue weighted by Gasteiger charge is 2.29. The van der Waals surface area contributed by atoms with Crippen LogP contribution in [-0.2, 0) is 9.53 Å². The van der Waals surface area contributed by atoms with Gasteiger partial charge in [-0.3, -0.25) is 9.79 Å². The van der Waals surface area contributed by atoms with Crippen LogP contribution in [0.15, 0.2) is 4.99 Å². The van der Waals surface area contributed by atoms with Gasteiger partial charge in [-0.1, -0.05) is 0 Å². The van der Waals surface area contributed by atoms with Crippen molar-refractivity contribution in [1.29, 1.82) is 0 Å². The van der Waals surface area contributed by atoms with E-state index in [4.69, 9.17) is 4.74 Å². The largest absolute Gasteiger partial charge is 0.466 e. The molecule has 1 unspecified atom stereocenters. The minimum absolute atomic E-state index is 0. The molecule has 1 fully saturated rings. The van der Waals surface area contributed by atoms with Crippen molar-refractivity contribution >= 4 is 47.7 Å². The zero-order chi connectivity index (χ0) is 15.9. The molecule has 0 aromatic rings. The van der Waals surface area contributed by atoms with Gasteiger partial charge in [-0.25, -0.2) is 0 Å². The highest BCUT2D eigenvalue weighted by atomic mass is 127. The van der Waals surface area contributed by atoms with E-state index < -0.39 is 0 Å². The second-order valence-corrected chi connectivity index (χ2v) is 7.42. The van der Waals surface area contributed by atoms with Crippen molar-refractivity contribution in [3.8, 4) is 0 Å². The van der Waals surface area contributed by atoms with Crippen molar-refractivity contribution in [2.45, 2.75) is 38.4 Å². The highest BCUT2D eigenvalue weighted by Crippen LogP contribution is 2.21. The summed E-state index contributed by atoms with van der Waals surface area (Å²) in [5, 5.41) is 3.42. The van der Waals surface area contributed by atoms with E-state index in [1.54, 1.807) is 7.05 Å². The van der Waals surface area contributed by atoms with Crippen molar-refractivity contribution in [3.63, 3.8) is 0 Å². The van der Waals surface area contributed by atoms with Crippen LogP contribution in [0.25, 0.3) is 0 Å². The zero-order valence-corrected chi connectivity index (χ0v) is 17.5. The lowest BCUT2D eigenvalue weighted by molar-refractivity contribution is -0.149. The van der Waals surface area contributed by atoms with Gasteiger partial charge in [0.25, 0.3) is 0 Å². The highest BCUT2D eigenvalue weighted by molar-refractivity contribution is 14.0. The maximum Gasteiger partial charge on any atom is 0.310 e. The Kier molecular flexibility index (Phi) is 10.5. The molecule has 0 aromatic heterocycles. The number of carbonyl (C=O) groups excluding carboxylic acids is 1. The van der Waals surface area contributed by atoms with Gasteiger partial charge in [0.1, 0.15) is 0 Å². The summed E-state index contributed by atoms with van der Waals surface area (Å²) in [4.78, 5) is 18.4. The van der Waals surface area contributed by atoms with Crippen LogP contribution in [0.1, 0.15) is 33.6 Å². The van der Waals surface area contributed by atoms with Crippen LogP contribution in [0.3, 0.4) is 0 Å². The summed E-state index contributed by atoms with van der Waals surface area (Å²) < 4.78 is 5.30. The Labute approximate surface area is 156 Å². The van der Waals surface area contributed by atoms with Crippen LogP contribution < -0.4 is 5.32 Å². The second-order valence-electron chi connectivity index (χ2n) is 5.90. The summed E-state index contributed by atoms with van der Waals surface area (Å²) in [5.41, 5.74) is 0. The summed E-state index contributed by atoms with van der Waals surface area (Å²) in [5.74, 6) is 0.763. The monoisotopic (exact) mass is 443 g/mol. The molecule has 1 rings (SSSR count). The van der Waals surface area contributed by atoms with E-state index in [0.29, 0.717) is 13.2 Å². The number of halogens is 1. The minimum Gasteiger partial charge on any atom is -0.466 e. The number of esters is 1. The Bertz CT molecular complexity index is 378. The lowest BCUT2D eigenvalue weighted by Crippen LogP contribution is -2.50. The van der Waals surface area contributed by atoms with Crippen LogP contribution in [0.2, 0.25) is 0 Å². The molecule has 0 radical (unpaired) electrons. The van der Waals surface area contributed by atoms with Gasteiger partial charge in [-0.2, -0.15) is 11.8 Å². The molecule has 1 heterocycles. The predicted octanol–water partition coefficient (Wildman–Crippen LogP) is 2.60. The number of likely N-dealkylation sites (tertiary alicyclic amines) is 1. The van der Waals surface area contributed by atoms with Gasteiger partial charge < -0.3 is 15.0 Å². The summed E-state index contributed by atoms with van der Waals surface area (Å²) in [7, 11) is 1.79. The third-order valence-electron chi connectivity index (χ3n) is 3.78. The van der Waals surface area contributed by atoms with Crippen LogP contribution in [0, 0.1) is 5.92 Å². The van der Waals surface area contributed by atoms with E-state index in [-0.39, 0.29) is 40.6 Å². The van der Waals surface area contributed by atoms with Crippen LogP contribution in [-0.4, -0.2) is 61.1 Å². The van der Waals surface area contributed by atoms with Crippen molar-refractivity contribution < 1.29 is 9.53 Å². The van der Waals surface area contributed by atoms with Gasteiger partial charge in [0.2, 0.25) is 0 Å². The Balaban J connectivity index is 0.00000441. The van der Waals surface area contributed by atoms with Crippen molar-refractivity contribution in [2.24, 2.45) is 10.9 Å². The first-order valence-corrected chi connectivity index (χ1v) is 8.83. The normalized spacial score (nSPS) is 19.4. The molecule has 7 heteroatoms. The number of piperidine rings is 1. The number of carbonyl (C=O) groups is 1. The molecule has 22 heavy (non-hydrogen) atoms. The quantitative estimate of drug-likeness (QED) is 0.307. The molecule has 130 valence electrons. The van der Waals surface area contributed by atoms with Crippen LogP contribution >= 0.6 is 35.7 Å². The topological polar surface area (TPSA) is 53.9 Å². The average molecular weight is 443 g/mol. The van der Waals surface area contributed by atoms with E-state index >= 15 is 0 Å². The summed E-state index contributed by atoms with van der Waals surface area (Å²) >= 11 is 1.83. The van der Waals surface area contributed by atoms with Crippen molar-refractivity contribution in [1.82, 2.24) is 10.2 Å². The Morgan fingerprint density at radius 2 is 2.18 bits per heavy atom. The molecule has 1 saturated heterocycles. The number of nitrogens with zero attached hydrogens (tertiary/aromatic N) is 2. The molecule has 1 atom stereocenters. The van der Waals surface area contributed by atoms with Gasteiger partial charge >= 0.3 is 5.97 Å². The van der Waals surface area contributed by atoms with E-state index in [9.17, 15) is 4.79 Å². The van der Waals surface area contributed by atoms with Gasteiger partial charge in [0, 0.05) is 31.4 Å². The molecule has 0 spiro atoms. The number of nitrogens with one attached hydrogen (secondary N) is 1. The minimum atomic E-state index is -0.0814. The molecule has 0 amide bonds. The van der Waals surface area contributed by atoms with Crippen LogP contribution in [0.5, 0.6) is 0 Å². The zero-order valence-electron chi connectivity index (χ0n) is 14.3. The summed E-state index contributed by atoms with van der Waals surface area (Å²) in [6, 6.07) is 0. The fourth-order valence-corrected chi connectivity index (χ4v) is 2.53. The molecule has 0 aliphatic carbocycles. The average Bonchev–Trinajstić information content (AvgIpc) is 2.48.